The minimum absolute atomic E-state index is 0.0946. The summed E-state index contributed by atoms with van der Waals surface area (Å²) in [5.74, 6) is 0.633. The summed E-state index contributed by atoms with van der Waals surface area (Å²) in [5, 5.41) is 0.888. The van der Waals surface area contributed by atoms with Gasteiger partial charge in [-0.15, -0.1) is 0 Å². The van der Waals surface area contributed by atoms with Gasteiger partial charge in [0.1, 0.15) is 17.7 Å². The van der Waals surface area contributed by atoms with E-state index >= 15 is 0 Å². The number of anilines is 1. The number of hydrogen-bond donors (Lipinski definition) is 0. The number of halogens is 1. The molecule has 3 fully saturated rings. The van der Waals surface area contributed by atoms with Crippen molar-refractivity contribution in [2.24, 2.45) is 0 Å². The standard InChI is InChI=1S/C22H26FN3O3/c23-17-4-3-15-12-16(21(24-19(15)13-17)25-7-10-28-11-8-25)14-26(18-5-6-18)22(27)20-2-1-9-29-20/h3-4,12-13,18,20H,1-2,5-11,14H2. The molecular weight excluding hydrogens is 373 g/mol. The zero-order valence-electron chi connectivity index (χ0n) is 16.5. The van der Waals surface area contributed by atoms with E-state index in [9.17, 15) is 9.18 Å². The van der Waals surface area contributed by atoms with E-state index in [0.29, 0.717) is 31.9 Å². The number of carbonyl (C=O) groups is 1. The maximum absolute atomic E-state index is 13.8. The quantitative estimate of drug-likeness (QED) is 0.774. The molecule has 1 aliphatic carbocycles. The second kappa shape index (κ2) is 7.88. The fraction of sp³-hybridized carbons (Fsp3) is 0.545. The van der Waals surface area contributed by atoms with E-state index in [1.165, 1.54) is 12.1 Å². The maximum Gasteiger partial charge on any atom is 0.252 e. The van der Waals surface area contributed by atoms with Crippen molar-refractivity contribution >= 4 is 22.6 Å². The lowest BCUT2D eigenvalue weighted by Crippen LogP contribution is -2.41. The number of rotatable bonds is 5. The first kappa shape index (κ1) is 18.8. The lowest BCUT2D eigenvalue weighted by molar-refractivity contribution is -0.142. The van der Waals surface area contributed by atoms with Crippen LogP contribution >= 0.6 is 0 Å². The summed E-state index contributed by atoms with van der Waals surface area (Å²) in [6, 6.07) is 7.03. The van der Waals surface area contributed by atoms with Gasteiger partial charge in [-0.05, 0) is 43.9 Å². The molecule has 0 spiro atoms. The van der Waals surface area contributed by atoms with Crippen LogP contribution in [0.25, 0.3) is 10.9 Å². The van der Waals surface area contributed by atoms with Crippen molar-refractivity contribution < 1.29 is 18.7 Å². The Labute approximate surface area is 169 Å². The summed E-state index contributed by atoms with van der Waals surface area (Å²) in [7, 11) is 0. The number of morpholine rings is 1. The molecule has 2 saturated heterocycles. The summed E-state index contributed by atoms with van der Waals surface area (Å²) in [5.41, 5.74) is 1.64. The highest BCUT2D eigenvalue weighted by molar-refractivity contribution is 5.84. The molecule has 6 nitrogen and oxygen atoms in total. The van der Waals surface area contributed by atoms with Crippen molar-refractivity contribution in [3.63, 3.8) is 0 Å². The fourth-order valence-electron chi connectivity index (χ4n) is 4.25. The third-order valence-electron chi connectivity index (χ3n) is 5.96. The number of aromatic nitrogens is 1. The number of amides is 1. The second-order valence-corrected chi connectivity index (χ2v) is 8.11. The molecule has 3 aliphatic rings. The Kier molecular flexibility index (Phi) is 5.09. The van der Waals surface area contributed by atoms with Crippen molar-refractivity contribution in [3.8, 4) is 0 Å². The Morgan fingerprint density at radius 1 is 1.17 bits per heavy atom. The predicted molar refractivity (Wildman–Crippen MR) is 107 cm³/mol. The summed E-state index contributed by atoms with van der Waals surface area (Å²) < 4.78 is 24.9. The first-order chi connectivity index (χ1) is 14.2. The first-order valence-corrected chi connectivity index (χ1v) is 10.5. The van der Waals surface area contributed by atoms with Crippen LogP contribution in [0.5, 0.6) is 0 Å². The van der Waals surface area contributed by atoms with E-state index in [1.807, 2.05) is 4.90 Å². The Hall–Kier alpha value is -2.25. The van der Waals surface area contributed by atoms with Crippen molar-refractivity contribution in [3.05, 3.63) is 35.6 Å². The van der Waals surface area contributed by atoms with Crippen LogP contribution < -0.4 is 4.90 Å². The summed E-state index contributed by atoms with van der Waals surface area (Å²) >= 11 is 0. The first-order valence-electron chi connectivity index (χ1n) is 10.5. The lowest BCUT2D eigenvalue weighted by atomic mass is 10.1. The number of benzene rings is 1. The van der Waals surface area contributed by atoms with Crippen LogP contribution in [0.1, 0.15) is 31.2 Å². The van der Waals surface area contributed by atoms with Crippen LogP contribution in [0, 0.1) is 5.82 Å². The van der Waals surface area contributed by atoms with Gasteiger partial charge in [-0.3, -0.25) is 4.79 Å². The fourth-order valence-corrected chi connectivity index (χ4v) is 4.25. The van der Waals surface area contributed by atoms with Crippen LogP contribution in [0.3, 0.4) is 0 Å². The number of carbonyl (C=O) groups excluding carboxylic acids is 1. The van der Waals surface area contributed by atoms with Crippen LogP contribution in [-0.2, 0) is 20.8 Å². The average Bonchev–Trinajstić information content (AvgIpc) is 3.44. The van der Waals surface area contributed by atoms with E-state index in [4.69, 9.17) is 14.5 Å². The molecule has 1 unspecified atom stereocenters. The minimum atomic E-state index is -0.315. The van der Waals surface area contributed by atoms with Gasteiger partial charge in [0.05, 0.1) is 18.7 Å². The van der Waals surface area contributed by atoms with Gasteiger partial charge >= 0.3 is 0 Å². The van der Waals surface area contributed by atoms with Gasteiger partial charge in [-0.1, -0.05) is 0 Å². The molecule has 154 valence electrons. The zero-order chi connectivity index (χ0) is 19.8. The molecule has 0 N–H and O–H groups in total. The topological polar surface area (TPSA) is 54.9 Å². The minimum Gasteiger partial charge on any atom is -0.378 e. The van der Waals surface area contributed by atoms with Crippen molar-refractivity contribution in [2.75, 3.05) is 37.8 Å². The normalized spacial score (nSPS) is 22.2. The molecule has 5 rings (SSSR count). The number of ether oxygens (including phenoxy) is 2. The van der Waals surface area contributed by atoms with Crippen molar-refractivity contribution in [1.29, 1.82) is 0 Å². The van der Waals surface area contributed by atoms with E-state index in [0.717, 1.165) is 55.5 Å². The smallest absolute Gasteiger partial charge is 0.252 e. The molecule has 2 aromatic rings. The molecular formula is C22H26FN3O3. The van der Waals surface area contributed by atoms with E-state index < -0.39 is 0 Å². The Bertz CT molecular complexity index is 906. The summed E-state index contributed by atoms with van der Waals surface area (Å²) in [6.45, 7) is 3.94. The molecule has 0 bridgehead atoms. The molecule has 3 heterocycles. The number of hydrogen-bond acceptors (Lipinski definition) is 5. The number of nitrogens with zero attached hydrogens (tertiary/aromatic N) is 3. The van der Waals surface area contributed by atoms with Gasteiger partial charge in [0.25, 0.3) is 5.91 Å². The molecule has 7 heteroatoms. The molecule has 1 aromatic heterocycles. The molecule has 29 heavy (non-hydrogen) atoms. The van der Waals surface area contributed by atoms with Crippen LogP contribution in [-0.4, -0.2) is 60.8 Å². The van der Waals surface area contributed by atoms with Crippen molar-refractivity contribution in [1.82, 2.24) is 9.88 Å². The molecule has 1 aromatic carbocycles. The average molecular weight is 399 g/mol. The molecule has 1 atom stereocenters. The molecule has 1 saturated carbocycles. The van der Waals surface area contributed by atoms with E-state index in [2.05, 4.69) is 11.0 Å². The van der Waals surface area contributed by atoms with Gasteiger partial charge in [0, 0.05) is 49.3 Å². The Morgan fingerprint density at radius 3 is 2.72 bits per heavy atom. The third kappa shape index (κ3) is 3.94. The van der Waals surface area contributed by atoms with Gasteiger partial charge in [-0.2, -0.15) is 0 Å². The molecule has 0 radical (unpaired) electrons. The maximum atomic E-state index is 13.8. The summed E-state index contributed by atoms with van der Waals surface area (Å²) in [6.07, 6.45) is 3.50. The van der Waals surface area contributed by atoms with Crippen LogP contribution in [0.2, 0.25) is 0 Å². The number of pyridine rings is 1. The Balaban J connectivity index is 1.51. The zero-order valence-corrected chi connectivity index (χ0v) is 16.5. The van der Waals surface area contributed by atoms with Crippen LogP contribution in [0.4, 0.5) is 10.2 Å². The van der Waals surface area contributed by atoms with E-state index in [1.54, 1.807) is 6.07 Å². The Morgan fingerprint density at radius 2 is 2.00 bits per heavy atom. The summed E-state index contributed by atoms with van der Waals surface area (Å²) in [4.78, 5) is 22.1. The van der Waals surface area contributed by atoms with Gasteiger partial charge < -0.3 is 19.3 Å². The third-order valence-corrected chi connectivity index (χ3v) is 5.96. The highest BCUT2D eigenvalue weighted by atomic mass is 19.1. The molecule has 1 amide bonds. The van der Waals surface area contributed by atoms with Gasteiger partial charge in [-0.25, -0.2) is 9.37 Å². The predicted octanol–water partition coefficient (Wildman–Crippen LogP) is 2.88. The van der Waals surface area contributed by atoms with Crippen LogP contribution in [0.15, 0.2) is 24.3 Å². The SMILES string of the molecule is O=C(C1CCCO1)N(Cc1cc2ccc(F)cc2nc1N1CCOCC1)C1CC1. The second-order valence-electron chi connectivity index (χ2n) is 8.11. The van der Waals surface area contributed by atoms with Gasteiger partial charge in [0.15, 0.2) is 0 Å². The molecule has 2 aliphatic heterocycles. The van der Waals surface area contributed by atoms with E-state index in [-0.39, 0.29) is 23.9 Å². The van der Waals surface area contributed by atoms with Crippen molar-refractivity contribution in [2.45, 2.75) is 44.4 Å². The lowest BCUT2D eigenvalue weighted by Gasteiger charge is -2.32. The van der Waals surface area contributed by atoms with Gasteiger partial charge in [0.2, 0.25) is 0 Å². The largest absolute Gasteiger partial charge is 0.378 e. The highest BCUT2D eigenvalue weighted by Gasteiger charge is 2.38. The highest BCUT2D eigenvalue weighted by Crippen LogP contribution is 2.33. The monoisotopic (exact) mass is 399 g/mol. The number of fused-ring (bicyclic) bond motifs is 1.